The third-order valence-electron chi connectivity index (χ3n) is 4.74. The SMILES string of the molecule is CCC(=O)C1=CC[C@@](/C=C/Cc2ccccc2)(C(=O)CC)CC1. The second-order valence-corrected chi connectivity index (χ2v) is 6.24. The van der Waals surface area contributed by atoms with Gasteiger partial charge in [-0.05, 0) is 36.8 Å². The lowest BCUT2D eigenvalue weighted by atomic mass is 9.70. The summed E-state index contributed by atoms with van der Waals surface area (Å²) in [6.07, 6.45) is 10.3. The van der Waals surface area contributed by atoms with Crippen molar-refractivity contribution in [2.75, 3.05) is 0 Å². The van der Waals surface area contributed by atoms with E-state index in [1.807, 2.05) is 38.1 Å². The number of carbonyl (C=O) groups is 2. The van der Waals surface area contributed by atoms with Gasteiger partial charge in [0, 0.05) is 12.8 Å². The lowest BCUT2D eigenvalue weighted by molar-refractivity contribution is -0.126. The Bertz CT molecular complexity index is 610. The molecule has 2 heteroatoms. The fourth-order valence-electron chi connectivity index (χ4n) is 3.23. The van der Waals surface area contributed by atoms with Crippen LogP contribution in [0.4, 0.5) is 0 Å². The Morgan fingerprint density at radius 2 is 1.87 bits per heavy atom. The van der Waals surface area contributed by atoms with Gasteiger partial charge in [0.25, 0.3) is 0 Å². The summed E-state index contributed by atoms with van der Waals surface area (Å²) in [4.78, 5) is 24.4. The molecule has 0 spiro atoms. The van der Waals surface area contributed by atoms with Crippen LogP contribution in [0.25, 0.3) is 0 Å². The molecule has 0 radical (unpaired) electrons. The molecular formula is C21H26O2. The monoisotopic (exact) mass is 310 g/mol. The maximum atomic E-state index is 12.5. The van der Waals surface area contributed by atoms with Gasteiger partial charge in [-0.3, -0.25) is 9.59 Å². The van der Waals surface area contributed by atoms with E-state index in [4.69, 9.17) is 0 Å². The number of hydrogen-bond acceptors (Lipinski definition) is 2. The Balaban J connectivity index is 2.13. The highest BCUT2D eigenvalue weighted by Crippen LogP contribution is 2.39. The molecule has 122 valence electrons. The van der Waals surface area contributed by atoms with Crippen LogP contribution in [-0.2, 0) is 16.0 Å². The van der Waals surface area contributed by atoms with E-state index in [9.17, 15) is 9.59 Å². The Morgan fingerprint density at radius 3 is 2.43 bits per heavy atom. The summed E-state index contributed by atoms with van der Waals surface area (Å²) in [5.74, 6) is 0.497. The molecule has 1 aromatic rings. The molecule has 1 aliphatic carbocycles. The largest absolute Gasteiger partial charge is 0.299 e. The third-order valence-corrected chi connectivity index (χ3v) is 4.74. The maximum absolute atomic E-state index is 12.5. The average molecular weight is 310 g/mol. The smallest absolute Gasteiger partial charge is 0.158 e. The minimum atomic E-state index is -0.416. The van der Waals surface area contributed by atoms with Crippen LogP contribution in [-0.4, -0.2) is 11.6 Å². The van der Waals surface area contributed by atoms with Crippen LogP contribution < -0.4 is 0 Å². The fourth-order valence-corrected chi connectivity index (χ4v) is 3.23. The van der Waals surface area contributed by atoms with Crippen molar-refractivity contribution in [2.45, 2.75) is 52.4 Å². The van der Waals surface area contributed by atoms with Crippen molar-refractivity contribution in [3.05, 3.63) is 59.7 Å². The van der Waals surface area contributed by atoms with Crippen molar-refractivity contribution in [1.82, 2.24) is 0 Å². The van der Waals surface area contributed by atoms with Crippen LogP contribution in [0.2, 0.25) is 0 Å². The molecule has 0 fully saturated rings. The van der Waals surface area contributed by atoms with Gasteiger partial charge in [0.2, 0.25) is 0 Å². The quantitative estimate of drug-likeness (QED) is 0.675. The van der Waals surface area contributed by atoms with Gasteiger partial charge in [0.1, 0.15) is 5.78 Å². The molecule has 0 heterocycles. The number of benzene rings is 1. The van der Waals surface area contributed by atoms with Crippen LogP contribution in [0.15, 0.2) is 54.1 Å². The number of carbonyl (C=O) groups excluding carboxylic acids is 2. The third kappa shape index (κ3) is 4.28. The first kappa shape index (κ1) is 17.4. The average Bonchev–Trinajstić information content (AvgIpc) is 2.61. The molecule has 1 aliphatic rings. The number of rotatable bonds is 7. The highest BCUT2D eigenvalue weighted by molar-refractivity contribution is 5.96. The summed E-state index contributed by atoms with van der Waals surface area (Å²) in [5.41, 5.74) is 1.74. The first-order valence-corrected chi connectivity index (χ1v) is 8.58. The first-order chi connectivity index (χ1) is 11.1. The second kappa shape index (κ2) is 8.05. The number of allylic oxidation sites excluding steroid dienone is 4. The van der Waals surface area contributed by atoms with Gasteiger partial charge in [-0.25, -0.2) is 0 Å². The van der Waals surface area contributed by atoms with Crippen LogP contribution in [0.1, 0.15) is 51.5 Å². The van der Waals surface area contributed by atoms with E-state index in [2.05, 4.69) is 24.3 Å². The van der Waals surface area contributed by atoms with Crippen molar-refractivity contribution in [2.24, 2.45) is 5.41 Å². The van der Waals surface area contributed by atoms with E-state index >= 15 is 0 Å². The molecule has 0 saturated carbocycles. The summed E-state index contributed by atoms with van der Waals surface area (Å²) in [5, 5.41) is 0. The van der Waals surface area contributed by atoms with E-state index < -0.39 is 5.41 Å². The van der Waals surface area contributed by atoms with Crippen LogP contribution in [0.3, 0.4) is 0 Å². The van der Waals surface area contributed by atoms with Crippen molar-refractivity contribution in [3.63, 3.8) is 0 Å². The van der Waals surface area contributed by atoms with Gasteiger partial charge in [0.05, 0.1) is 5.41 Å². The van der Waals surface area contributed by atoms with E-state index in [0.29, 0.717) is 25.7 Å². The predicted octanol–water partition coefficient (Wildman–Crippen LogP) is 4.84. The molecule has 2 rings (SSSR count). The van der Waals surface area contributed by atoms with E-state index in [0.717, 1.165) is 18.4 Å². The van der Waals surface area contributed by atoms with Crippen LogP contribution in [0.5, 0.6) is 0 Å². The highest BCUT2D eigenvalue weighted by atomic mass is 16.1. The molecule has 0 aliphatic heterocycles. The fraction of sp³-hybridized carbons (Fsp3) is 0.429. The molecule has 1 aromatic carbocycles. The maximum Gasteiger partial charge on any atom is 0.158 e. The Kier molecular flexibility index (Phi) is 6.09. The molecule has 2 nitrogen and oxygen atoms in total. The summed E-state index contributed by atoms with van der Waals surface area (Å²) in [6, 6.07) is 10.3. The zero-order valence-electron chi connectivity index (χ0n) is 14.2. The van der Waals surface area contributed by atoms with Gasteiger partial charge in [-0.2, -0.15) is 0 Å². The molecule has 0 bridgehead atoms. The van der Waals surface area contributed by atoms with Crippen LogP contribution in [0, 0.1) is 5.41 Å². The molecule has 23 heavy (non-hydrogen) atoms. The molecule has 0 N–H and O–H groups in total. The summed E-state index contributed by atoms with van der Waals surface area (Å²) in [7, 11) is 0. The van der Waals surface area contributed by atoms with Gasteiger partial charge in [0.15, 0.2) is 5.78 Å². The zero-order chi connectivity index (χ0) is 16.7. The summed E-state index contributed by atoms with van der Waals surface area (Å²) in [6.45, 7) is 3.81. The molecular weight excluding hydrogens is 284 g/mol. The molecule has 0 unspecified atom stereocenters. The van der Waals surface area contributed by atoms with E-state index in [1.165, 1.54) is 5.56 Å². The first-order valence-electron chi connectivity index (χ1n) is 8.58. The highest BCUT2D eigenvalue weighted by Gasteiger charge is 2.36. The van der Waals surface area contributed by atoms with E-state index in [1.54, 1.807) is 0 Å². The zero-order valence-corrected chi connectivity index (χ0v) is 14.2. The Labute approximate surface area is 139 Å². The normalized spacial score (nSPS) is 21.2. The minimum Gasteiger partial charge on any atom is -0.299 e. The van der Waals surface area contributed by atoms with Gasteiger partial charge >= 0.3 is 0 Å². The van der Waals surface area contributed by atoms with Crippen molar-refractivity contribution in [3.8, 4) is 0 Å². The van der Waals surface area contributed by atoms with Crippen molar-refractivity contribution < 1.29 is 9.59 Å². The van der Waals surface area contributed by atoms with Gasteiger partial charge in [-0.15, -0.1) is 0 Å². The topological polar surface area (TPSA) is 34.1 Å². The van der Waals surface area contributed by atoms with Crippen molar-refractivity contribution in [1.29, 1.82) is 0 Å². The van der Waals surface area contributed by atoms with Crippen LogP contribution >= 0.6 is 0 Å². The Hall–Kier alpha value is -1.96. The summed E-state index contributed by atoms with van der Waals surface area (Å²) < 4.78 is 0. The van der Waals surface area contributed by atoms with E-state index in [-0.39, 0.29) is 11.6 Å². The van der Waals surface area contributed by atoms with Gasteiger partial charge < -0.3 is 0 Å². The molecule has 1 atom stereocenters. The van der Waals surface area contributed by atoms with Crippen molar-refractivity contribution >= 4 is 11.6 Å². The summed E-state index contributed by atoms with van der Waals surface area (Å²) >= 11 is 0. The predicted molar refractivity (Wildman–Crippen MR) is 94.2 cm³/mol. The minimum absolute atomic E-state index is 0.218. The number of Topliss-reactive ketones (excluding diaryl/α,β-unsaturated/α-hetero) is 2. The number of hydrogen-bond donors (Lipinski definition) is 0. The van der Waals surface area contributed by atoms with Gasteiger partial charge in [-0.1, -0.05) is 62.4 Å². The number of ketones is 2. The Morgan fingerprint density at radius 1 is 1.13 bits per heavy atom. The lowest BCUT2D eigenvalue weighted by Gasteiger charge is -2.32. The molecule has 0 saturated heterocycles. The molecule has 0 aromatic heterocycles. The lowest BCUT2D eigenvalue weighted by Crippen LogP contribution is -2.31. The standard InChI is InChI=1S/C21H26O2/c1-3-19(22)18-12-15-21(16-13-18,20(23)4-2)14-8-11-17-9-6-5-7-10-17/h5-10,12,14H,3-4,11,13,15-16H2,1-2H3/b14-8+/t21-/m1/s1. The second-order valence-electron chi connectivity index (χ2n) is 6.24. The molecule has 0 amide bonds.